The lowest BCUT2D eigenvalue weighted by Crippen LogP contribution is -2.38. The Hall–Kier alpha value is -4.89. The van der Waals surface area contributed by atoms with Crippen molar-refractivity contribution < 1.29 is 13.7 Å². The smallest absolute Gasteiger partial charge is 0.331 e. The van der Waals surface area contributed by atoms with Crippen molar-refractivity contribution in [3.63, 3.8) is 0 Å². The summed E-state index contributed by atoms with van der Waals surface area (Å²) in [7, 11) is -3.78. The molecule has 2 atom stereocenters. The SMILES string of the molecule is CC1CCOc2c(S(=O)(=NC(c3ccccc3)(c3ccccc3)c3ccccc3)NC(=O)Nc3c4c(cc5c3CCC5)CCC4)cnn21. The zero-order chi connectivity index (χ0) is 32.7. The quantitative estimate of drug-likeness (QED) is 0.175. The molecule has 0 saturated heterocycles. The van der Waals surface area contributed by atoms with Crippen molar-refractivity contribution in [3.8, 4) is 5.88 Å². The van der Waals surface area contributed by atoms with Crippen LogP contribution in [0.3, 0.4) is 0 Å². The van der Waals surface area contributed by atoms with Gasteiger partial charge in [0.05, 0.1) is 18.8 Å². The van der Waals surface area contributed by atoms with Gasteiger partial charge in [0.15, 0.2) is 9.92 Å². The van der Waals surface area contributed by atoms with Crippen molar-refractivity contribution >= 4 is 21.6 Å². The van der Waals surface area contributed by atoms with Gasteiger partial charge in [0.2, 0.25) is 5.88 Å². The molecule has 8 rings (SSSR count). The minimum Gasteiger partial charge on any atom is -0.477 e. The second kappa shape index (κ2) is 12.3. The fourth-order valence-electron chi connectivity index (χ4n) is 7.67. The summed E-state index contributed by atoms with van der Waals surface area (Å²) in [6, 6.07) is 31.3. The molecule has 0 bridgehead atoms. The minimum absolute atomic E-state index is 0.0385. The van der Waals surface area contributed by atoms with Crippen molar-refractivity contribution in [1.82, 2.24) is 14.5 Å². The molecule has 48 heavy (non-hydrogen) atoms. The molecule has 9 heteroatoms. The average Bonchev–Trinajstić information content (AvgIpc) is 3.89. The first-order valence-corrected chi connectivity index (χ1v) is 18.4. The highest BCUT2D eigenvalue weighted by molar-refractivity contribution is 7.92. The molecule has 5 aromatic rings. The lowest BCUT2D eigenvalue weighted by atomic mass is 9.78. The van der Waals surface area contributed by atoms with E-state index in [1.54, 1.807) is 10.9 Å². The number of hydrogen-bond acceptors (Lipinski definition) is 5. The number of hydrogen-bond donors (Lipinski definition) is 2. The molecule has 2 aliphatic carbocycles. The molecule has 0 fully saturated rings. The van der Waals surface area contributed by atoms with Crippen molar-refractivity contribution in [2.45, 2.75) is 68.3 Å². The van der Waals surface area contributed by atoms with Gasteiger partial charge in [-0.1, -0.05) is 97.1 Å². The third kappa shape index (κ3) is 5.17. The molecule has 3 aliphatic rings. The third-order valence-electron chi connectivity index (χ3n) is 9.99. The molecule has 2 amide bonds. The second-order valence-electron chi connectivity index (χ2n) is 13.0. The lowest BCUT2D eigenvalue weighted by molar-refractivity contribution is 0.196. The van der Waals surface area contributed by atoms with E-state index in [2.05, 4.69) is 28.1 Å². The van der Waals surface area contributed by atoms with Crippen LogP contribution in [0, 0.1) is 0 Å². The van der Waals surface area contributed by atoms with E-state index in [0.29, 0.717) is 12.5 Å². The molecular weight excluding hydrogens is 619 g/mol. The molecule has 4 aromatic carbocycles. The zero-order valence-corrected chi connectivity index (χ0v) is 27.8. The summed E-state index contributed by atoms with van der Waals surface area (Å²) >= 11 is 0. The highest BCUT2D eigenvalue weighted by Gasteiger charge is 2.41. The van der Waals surface area contributed by atoms with Gasteiger partial charge in [-0.05, 0) is 84.4 Å². The fourth-order valence-corrected chi connectivity index (χ4v) is 9.51. The Labute approximate surface area is 281 Å². The molecule has 1 aromatic heterocycles. The number of aryl methyl sites for hydroxylation is 2. The number of anilines is 1. The van der Waals surface area contributed by atoms with E-state index in [1.165, 1.54) is 22.3 Å². The maximum absolute atomic E-state index is 16.0. The van der Waals surface area contributed by atoms with E-state index in [9.17, 15) is 4.79 Å². The number of amides is 2. The van der Waals surface area contributed by atoms with Gasteiger partial charge in [-0.2, -0.15) is 9.46 Å². The van der Waals surface area contributed by atoms with Crippen LogP contribution < -0.4 is 14.8 Å². The van der Waals surface area contributed by atoms with Crippen molar-refractivity contribution in [2.24, 2.45) is 4.36 Å². The third-order valence-corrected chi connectivity index (χ3v) is 11.9. The molecule has 0 radical (unpaired) electrons. The Balaban J connectivity index is 1.35. The van der Waals surface area contributed by atoms with E-state index < -0.39 is 21.5 Å². The minimum atomic E-state index is -3.78. The number of benzene rings is 4. The van der Waals surface area contributed by atoms with Gasteiger partial charge in [-0.3, -0.25) is 0 Å². The highest BCUT2D eigenvalue weighted by Crippen LogP contribution is 2.44. The number of carbonyl (C=O) groups excluding carboxylic acids is 1. The van der Waals surface area contributed by atoms with Crippen LogP contribution >= 0.6 is 0 Å². The number of nitrogens with zero attached hydrogens (tertiary/aromatic N) is 3. The summed E-state index contributed by atoms with van der Waals surface area (Å²) in [4.78, 5) is 14.6. The average molecular weight is 658 g/mol. The number of carbonyl (C=O) groups is 1. The van der Waals surface area contributed by atoms with Crippen molar-refractivity contribution in [1.29, 1.82) is 0 Å². The molecule has 2 N–H and O–H groups in total. The van der Waals surface area contributed by atoms with Gasteiger partial charge >= 0.3 is 6.03 Å². The summed E-state index contributed by atoms with van der Waals surface area (Å²) in [6.45, 7) is 2.51. The van der Waals surface area contributed by atoms with E-state index in [0.717, 1.165) is 67.3 Å². The topological polar surface area (TPSA) is 97.6 Å². The van der Waals surface area contributed by atoms with Gasteiger partial charge in [0, 0.05) is 12.1 Å². The Morgan fingerprint density at radius 1 is 0.854 bits per heavy atom. The van der Waals surface area contributed by atoms with Crippen molar-refractivity contribution in [3.05, 3.63) is 142 Å². The Morgan fingerprint density at radius 3 is 1.94 bits per heavy atom. The van der Waals surface area contributed by atoms with E-state index in [4.69, 9.17) is 9.10 Å². The van der Waals surface area contributed by atoms with E-state index in [1.807, 2.05) is 91.0 Å². The molecule has 2 heterocycles. The van der Waals surface area contributed by atoms with Gasteiger partial charge < -0.3 is 10.1 Å². The number of aromatic nitrogens is 2. The largest absolute Gasteiger partial charge is 0.477 e. The number of ether oxygens (including phenoxy) is 1. The second-order valence-corrected chi connectivity index (χ2v) is 14.8. The van der Waals surface area contributed by atoms with Crippen LogP contribution in [0.2, 0.25) is 0 Å². The van der Waals surface area contributed by atoms with Gasteiger partial charge in [0.25, 0.3) is 0 Å². The van der Waals surface area contributed by atoms with Crippen LogP contribution in [0.25, 0.3) is 0 Å². The molecule has 0 spiro atoms. The zero-order valence-electron chi connectivity index (χ0n) is 27.0. The first-order valence-electron chi connectivity index (χ1n) is 16.9. The van der Waals surface area contributed by atoms with E-state index in [-0.39, 0.29) is 10.9 Å². The number of urea groups is 1. The Kier molecular flexibility index (Phi) is 7.79. The van der Waals surface area contributed by atoms with Crippen LogP contribution in [0.4, 0.5) is 10.5 Å². The lowest BCUT2D eigenvalue weighted by Gasteiger charge is -2.33. The van der Waals surface area contributed by atoms with Gasteiger partial charge in [-0.25, -0.2) is 18.4 Å². The molecular formula is C39H39N5O3S. The summed E-state index contributed by atoms with van der Waals surface area (Å²) in [5.74, 6) is 0.368. The van der Waals surface area contributed by atoms with Crippen LogP contribution in [-0.4, -0.2) is 26.6 Å². The Morgan fingerprint density at radius 2 is 1.40 bits per heavy atom. The fraction of sp³-hybridized carbons (Fsp3) is 0.282. The predicted octanol–water partition coefficient (Wildman–Crippen LogP) is 7.76. The first-order chi connectivity index (χ1) is 23.5. The molecule has 2 unspecified atom stereocenters. The van der Waals surface area contributed by atoms with Gasteiger partial charge in [-0.15, -0.1) is 0 Å². The number of nitrogens with one attached hydrogen (secondary N) is 2. The predicted molar refractivity (Wildman–Crippen MR) is 188 cm³/mol. The standard InChI is InChI=1S/C39H39N5O3S/c1-27-23-24-47-37-35(26-40-44(27)37)48(46,42-38(45)41-36-33-21-11-13-28(33)25-29-14-12-22-34(29)36)43-39(30-15-5-2-6-16-30,31-17-7-3-8-18-31)32-19-9-4-10-20-32/h2-10,15-20,25-27H,11-14,21-24H2,1H3,(H2,41,42,43,45,46). The highest BCUT2D eigenvalue weighted by atomic mass is 32.2. The normalized spacial score (nSPS) is 17.7. The molecule has 1 aliphatic heterocycles. The molecule has 0 saturated carbocycles. The Bertz CT molecular complexity index is 1980. The van der Waals surface area contributed by atoms with Crippen molar-refractivity contribution in [2.75, 3.05) is 11.9 Å². The molecule has 8 nitrogen and oxygen atoms in total. The summed E-state index contributed by atoms with van der Waals surface area (Å²) in [5.41, 5.74) is 7.05. The first kappa shape index (κ1) is 30.4. The van der Waals surface area contributed by atoms with Crippen LogP contribution in [0.15, 0.2) is 113 Å². The maximum Gasteiger partial charge on any atom is 0.331 e. The summed E-state index contributed by atoms with van der Waals surface area (Å²) < 4.78 is 32.2. The molecule has 244 valence electrons. The van der Waals surface area contributed by atoms with Crippen LogP contribution in [0.5, 0.6) is 5.88 Å². The summed E-state index contributed by atoms with van der Waals surface area (Å²) in [6.07, 6.45) is 8.30. The van der Waals surface area contributed by atoms with Crippen LogP contribution in [0.1, 0.15) is 71.2 Å². The van der Waals surface area contributed by atoms with Crippen LogP contribution in [-0.2, 0) is 41.1 Å². The summed E-state index contributed by atoms with van der Waals surface area (Å²) in [5, 5.41) is 7.82. The number of fused-ring (bicyclic) bond motifs is 3. The van der Waals surface area contributed by atoms with Gasteiger partial charge in [0.1, 0.15) is 10.4 Å². The number of rotatable bonds is 7. The monoisotopic (exact) mass is 657 g/mol. The van der Waals surface area contributed by atoms with E-state index >= 15 is 4.21 Å². The maximum atomic E-state index is 16.0.